The first-order chi connectivity index (χ1) is 12.8. The summed E-state index contributed by atoms with van der Waals surface area (Å²) in [5, 5.41) is 9.00. The molecule has 2 N–H and O–H groups in total. The zero-order valence-corrected chi connectivity index (χ0v) is 14.7. The van der Waals surface area contributed by atoms with Gasteiger partial charge in [0.1, 0.15) is 12.3 Å². The third-order valence-electron chi connectivity index (χ3n) is 3.76. The molecule has 0 atom stereocenters. The molecule has 0 aliphatic carbocycles. The summed E-state index contributed by atoms with van der Waals surface area (Å²) >= 11 is 0. The lowest BCUT2D eigenvalue weighted by molar-refractivity contribution is -0.137. The minimum absolute atomic E-state index is 0.0777. The minimum Gasteiger partial charge on any atom is -0.482 e. The van der Waals surface area contributed by atoms with E-state index in [-0.39, 0.29) is 28.6 Å². The van der Waals surface area contributed by atoms with Crippen LogP contribution in [0.1, 0.15) is 5.56 Å². The molecule has 0 spiro atoms. The van der Waals surface area contributed by atoms with Crippen LogP contribution in [-0.2, 0) is 19.6 Å². The fourth-order valence-corrected chi connectivity index (χ4v) is 3.61. The Bertz CT molecular complexity index is 1070. The SMILES string of the molecule is C#Cc1cccc(NS(=O)(=O)c2ccc3c(c2)N(CC(=O)O)C(=O)CO3)c1. The van der Waals surface area contributed by atoms with Crippen LogP contribution in [0.3, 0.4) is 0 Å². The number of amides is 1. The number of hydrogen-bond acceptors (Lipinski definition) is 5. The van der Waals surface area contributed by atoms with Gasteiger partial charge in [0, 0.05) is 5.56 Å². The van der Waals surface area contributed by atoms with Crippen molar-refractivity contribution in [2.75, 3.05) is 22.8 Å². The molecule has 0 saturated heterocycles. The zero-order chi connectivity index (χ0) is 19.6. The molecule has 1 amide bonds. The van der Waals surface area contributed by atoms with Gasteiger partial charge in [-0.15, -0.1) is 6.42 Å². The number of carbonyl (C=O) groups is 2. The van der Waals surface area contributed by atoms with Gasteiger partial charge in [0.2, 0.25) is 0 Å². The van der Waals surface area contributed by atoms with Gasteiger partial charge in [-0.05, 0) is 36.4 Å². The highest BCUT2D eigenvalue weighted by Gasteiger charge is 2.29. The molecule has 9 heteroatoms. The van der Waals surface area contributed by atoms with Gasteiger partial charge in [-0.2, -0.15) is 0 Å². The first-order valence-electron chi connectivity index (χ1n) is 7.68. The number of carboxylic acids is 1. The van der Waals surface area contributed by atoms with Crippen LogP contribution in [0.4, 0.5) is 11.4 Å². The van der Waals surface area contributed by atoms with E-state index in [0.717, 1.165) is 4.90 Å². The molecule has 0 fully saturated rings. The van der Waals surface area contributed by atoms with Crippen LogP contribution in [0, 0.1) is 12.3 Å². The fraction of sp³-hybridized carbons (Fsp3) is 0.111. The third kappa shape index (κ3) is 3.86. The summed E-state index contributed by atoms with van der Waals surface area (Å²) in [6, 6.07) is 10.2. The van der Waals surface area contributed by atoms with E-state index >= 15 is 0 Å². The molecule has 1 aliphatic heterocycles. The van der Waals surface area contributed by atoms with Crippen LogP contribution < -0.4 is 14.4 Å². The Morgan fingerprint density at radius 3 is 2.78 bits per heavy atom. The van der Waals surface area contributed by atoms with E-state index in [0.29, 0.717) is 5.56 Å². The van der Waals surface area contributed by atoms with Crippen molar-refractivity contribution in [2.24, 2.45) is 0 Å². The molecule has 3 rings (SSSR count). The molecule has 1 aliphatic rings. The fourth-order valence-electron chi connectivity index (χ4n) is 2.54. The van der Waals surface area contributed by atoms with Crippen LogP contribution >= 0.6 is 0 Å². The highest BCUT2D eigenvalue weighted by molar-refractivity contribution is 7.92. The second kappa shape index (κ2) is 7.01. The molecular formula is C18H14N2O6S. The molecule has 1 heterocycles. The van der Waals surface area contributed by atoms with E-state index in [4.69, 9.17) is 16.3 Å². The molecule has 0 aromatic heterocycles. The summed E-state index contributed by atoms with van der Waals surface area (Å²) in [6.07, 6.45) is 5.31. The summed E-state index contributed by atoms with van der Waals surface area (Å²) in [5.74, 6) is 0.835. The predicted molar refractivity (Wildman–Crippen MR) is 97.1 cm³/mol. The number of nitrogens with zero attached hydrogens (tertiary/aromatic N) is 1. The van der Waals surface area contributed by atoms with Gasteiger partial charge in [0.05, 0.1) is 16.3 Å². The van der Waals surface area contributed by atoms with Crippen LogP contribution in [0.2, 0.25) is 0 Å². The van der Waals surface area contributed by atoms with E-state index < -0.39 is 28.4 Å². The molecule has 27 heavy (non-hydrogen) atoms. The molecule has 0 saturated carbocycles. The quantitative estimate of drug-likeness (QED) is 0.749. The topological polar surface area (TPSA) is 113 Å². The van der Waals surface area contributed by atoms with Crippen molar-refractivity contribution in [3.8, 4) is 18.1 Å². The molecule has 2 aromatic carbocycles. The smallest absolute Gasteiger partial charge is 0.323 e. The normalized spacial score (nSPS) is 13.3. The Hall–Kier alpha value is -3.51. The Balaban J connectivity index is 1.97. The maximum absolute atomic E-state index is 12.7. The van der Waals surface area contributed by atoms with Crippen LogP contribution in [0.5, 0.6) is 5.75 Å². The van der Waals surface area contributed by atoms with Crippen LogP contribution in [0.15, 0.2) is 47.4 Å². The molecule has 0 unspecified atom stereocenters. The molecule has 2 aromatic rings. The van der Waals surface area contributed by atoms with E-state index in [1.165, 1.54) is 24.3 Å². The third-order valence-corrected chi connectivity index (χ3v) is 5.14. The predicted octanol–water partition coefficient (Wildman–Crippen LogP) is 1.28. The monoisotopic (exact) mass is 386 g/mol. The Labute approximate surface area is 155 Å². The van der Waals surface area contributed by atoms with Gasteiger partial charge in [-0.25, -0.2) is 8.42 Å². The van der Waals surface area contributed by atoms with Gasteiger partial charge >= 0.3 is 5.97 Å². The number of sulfonamides is 1. The Kier molecular flexibility index (Phi) is 4.75. The number of anilines is 2. The number of ether oxygens (including phenoxy) is 1. The largest absolute Gasteiger partial charge is 0.482 e. The summed E-state index contributed by atoms with van der Waals surface area (Å²) < 4.78 is 33.0. The molecular weight excluding hydrogens is 372 g/mol. The molecule has 138 valence electrons. The first-order valence-corrected chi connectivity index (χ1v) is 9.17. The van der Waals surface area contributed by atoms with Crippen molar-refractivity contribution in [3.63, 3.8) is 0 Å². The van der Waals surface area contributed by atoms with Crippen molar-refractivity contribution >= 4 is 33.3 Å². The summed E-state index contributed by atoms with van der Waals surface area (Å²) in [7, 11) is -4.00. The zero-order valence-electron chi connectivity index (χ0n) is 13.9. The summed E-state index contributed by atoms with van der Waals surface area (Å²) in [5.41, 5.74) is 0.860. The van der Waals surface area contributed by atoms with Gasteiger partial charge in [0.15, 0.2) is 6.61 Å². The lowest BCUT2D eigenvalue weighted by atomic mass is 10.2. The standard InChI is InChI=1S/C18H14N2O6S/c1-2-12-4-3-5-13(8-12)19-27(24,25)14-6-7-16-15(9-14)20(10-18(22)23)17(21)11-26-16/h1,3-9,19H,10-11H2,(H,22,23). The number of benzene rings is 2. The molecule has 0 radical (unpaired) electrons. The average molecular weight is 386 g/mol. The minimum atomic E-state index is -4.00. The van der Waals surface area contributed by atoms with Gasteiger partial charge in [-0.1, -0.05) is 12.0 Å². The van der Waals surface area contributed by atoms with E-state index in [2.05, 4.69) is 10.6 Å². The number of aliphatic carboxylic acids is 1. The lowest BCUT2D eigenvalue weighted by Gasteiger charge is -2.28. The highest BCUT2D eigenvalue weighted by atomic mass is 32.2. The number of carboxylic acid groups (broad SMARTS) is 1. The summed E-state index contributed by atoms with van der Waals surface area (Å²) in [6.45, 7) is -0.917. The maximum Gasteiger partial charge on any atom is 0.323 e. The number of nitrogens with one attached hydrogen (secondary N) is 1. The number of hydrogen-bond donors (Lipinski definition) is 2. The van der Waals surface area contributed by atoms with Gasteiger partial charge in [-0.3, -0.25) is 19.2 Å². The number of terminal acetylenes is 1. The highest BCUT2D eigenvalue weighted by Crippen LogP contribution is 2.34. The van der Waals surface area contributed by atoms with E-state index in [1.54, 1.807) is 18.2 Å². The van der Waals surface area contributed by atoms with E-state index in [9.17, 15) is 18.0 Å². The van der Waals surface area contributed by atoms with Crippen molar-refractivity contribution in [1.82, 2.24) is 0 Å². The summed E-state index contributed by atoms with van der Waals surface area (Å²) in [4.78, 5) is 23.8. The van der Waals surface area contributed by atoms with Gasteiger partial charge in [0.25, 0.3) is 15.9 Å². The second-order valence-corrected chi connectivity index (χ2v) is 7.30. The average Bonchev–Trinajstić information content (AvgIpc) is 2.63. The first kappa shape index (κ1) is 18.3. The van der Waals surface area contributed by atoms with Gasteiger partial charge < -0.3 is 9.84 Å². The Morgan fingerprint density at radius 1 is 1.30 bits per heavy atom. The van der Waals surface area contributed by atoms with Crippen molar-refractivity contribution in [1.29, 1.82) is 0 Å². The number of rotatable bonds is 5. The number of carbonyl (C=O) groups excluding carboxylic acids is 1. The van der Waals surface area contributed by atoms with E-state index in [1.807, 2.05) is 0 Å². The molecule has 8 nitrogen and oxygen atoms in total. The number of fused-ring (bicyclic) bond motifs is 1. The second-order valence-electron chi connectivity index (χ2n) is 5.62. The molecule has 0 bridgehead atoms. The van der Waals surface area contributed by atoms with Crippen molar-refractivity contribution in [3.05, 3.63) is 48.0 Å². The lowest BCUT2D eigenvalue weighted by Crippen LogP contribution is -2.42. The van der Waals surface area contributed by atoms with Crippen molar-refractivity contribution in [2.45, 2.75) is 4.90 Å². The van der Waals surface area contributed by atoms with Crippen LogP contribution in [-0.4, -0.2) is 38.6 Å². The van der Waals surface area contributed by atoms with Crippen LogP contribution in [0.25, 0.3) is 0 Å². The van der Waals surface area contributed by atoms with Crippen molar-refractivity contribution < 1.29 is 27.9 Å². The maximum atomic E-state index is 12.7. The Morgan fingerprint density at radius 2 is 2.07 bits per heavy atom.